The predicted octanol–water partition coefficient (Wildman–Crippen LogP) is 1.44. The van der Waals surface area contributed by atoms with Crippen LogP contribution in [0.5, 0.6) is 0 Å². The number of likely N-dealkylation sites (tertiary alicyclic amines) is 2. The van der Waals surface area contributed by atoms with Crippen LogP contribution in [-0.2, 0) is 16.6 Å². The molecule has 3 amide bonds. The van der Waals surface area contributed by atoms with Gasteiger partial charge >= 0.3 is 6.03 Å². The lowest BCUT2D eigenvalue weighted by Crippen LogP contribution is -2.51. The van der Waals surface area contributed by atoms with Crippen LogP contribution in [0.2, 0.25) is 0 Å². The third-order valence-corrected chi connectivity index (χ3v) is 6.04. The number of carbonyl (C=O) groups excluding carboxylic acids is 2. The SMILES string of the molecule is Cn1cc(C2CCCCN2C(=O)NC2CCN(C3CCOCC3)C2=O)cn1. The number of nitrogens with one attached hydrogen (secondary N) is 1. The molecule has 27 heavy (non-hydrogen) atoms. The van der Waals surface area contributed by atoms with Crippen LogP contribution in [0.3, 0.4) is 0 Å². The summed E-state index contributed by atoms with van der Waals surface area (Å²) >= 11 is 0. The summed E-state index contributed by atoms with van der Waals surface area (Å²) in [4.78, 5) is 29.6. The molecule has 4 rings (SSSR count). The van der Waals surface area contributed by atoms with Crippen LogP contribution < -0.4 is 5.32 Å². The van der Waals surface area contributed by atoms with Gasteiger partial charge in [0, 0.05) is 51.2 Å². The molecule has 2 atom stereocenters. The maximum atomic E-state index is 13.0. The van der Waals surface area contributed by atoms with E-state index in [1.807, 2.05) is 29.2 Å². The zero-order chi connectivity index (χ0) is 18.8. The molecule has 2 unspecified atom stereocenters. The second kappa shape index (κ2) is 7.88. The Hall–Kier alpha value is -2.09. The molecule has 3 saturated heterocycles. The molecule has 0 radical (unpaired) electrons. The highest BCUT2D eigenvalue weighted by Gasteiger charge is 2.39. The Balaban J connectivity index is 1.39. The fourth-order valence-electron chi connectivity index (χ4n) is 4.56. The van der Waals surface area contributed by atoms with E-state index in [4.69, 9.17) is 4.74 Å². The van der Waals surface area contributed by atoms with Gasteiger partial charge in [-0.25, -0.2) is 4.79 Å². The van der Waals surface area contributed by atoms with Crippen molar-refractivity contribution in [2.24, 2.45) is 7.05 Å². The Bertz CT molecular complexity index is 685. The highest BCUT2D eigenvalue weighted by Crippen LogP contribution is 2.31. The first-order valence-electron chi connectivity index (χ1n) is 10.1. The second-order valence-corrected chi connectivity index (χ2v) is 7.82. The molecule has 1 N–H and O–H groups in total. The van der Waals surface area contributed by atoms with Crippen molar-refractivity contribution >= 4 is 11.9 Å². The number of hydrogen-bond acceptors (Lipinski definition) is 4. The van der Waals surface area contributed by atoms with Crippen molar-refractivity contribution in [3.63, 3.8) is 0 Å². The topological polar surface area (TPSA) is 79.7 Å². The molecule has 0 saturated carbocycles. The van der Waals surface area contributed by atoms with E-state index in [1.165, 1.54) is 0 Å². The number of amides is 3. The molecule has 8 nitrogen and oxygen atoms in total. The number of nitrogens with zero attached hydrogens (tertiary/aromatic N) is 4. The minimum atomic E-state index is -0.406. The van der Waals surface area contributed by atoms with Crippen molar-refractivity contribution < 1.29 is 14.3 Å². The number of urea groups is 1. The molecule has 3 fully saturated rings. The van der Waals surface area contributed by atoms with Crippen LogP contribution in [0, 0.1) is 0 Å². The maximum Gasteiger partial charge on any atom is 0.318 e. The largest absolute Gasteiger partial charge is 0.381 e. The molecule has 4 heterocycles. The van der Waals surface area contributed by atoms with Crippen molar-refractivity contribution in [2.45, 2.75) is 56.7 Å². The summed E-state index contributed by atoms with van der Waals surface area (Å²) in [5.74, 6) is 0.0604. The van der Waals surface area contributed by atoms with Gasteiger partial charge in [0.15, 0.2) is 0 Å². The van der Waals surface area contributed by atoms with Gasteiger partial charge in [0.25, 0.3) is 0 Å². The van der Waals surface area contributed by atoms with Gasteiger partial charge in [0.2, 0.25) is 5.91 Å². The van der Waals surface area contributed by atoms with Gasteiger partial charge < -0.3 is 19.9 Å². The number of aromatic nitrogens is 2. The van der Waals surface area contributed by atoms with Gasteiger partial charge in [-0.2, -0.15) is 5.10 Å². The lowest BCUT2D eigenvalue weighted by molar-refractivity contribution is -0.132. The fraction of sp³-hybridized carbons (Fsp3) is 0.737. The average Bonchev–Trinajstić information content (AvgIpc) is 3.29. The maximum absolute atomic E-state index is 13.0. The van der Waals surface area contributed by atoms with E-state index in [0.717, 1.165) is 50.8 Å². The minimum Gasteiger partial charge on any atom is -0.381 e. The fourth-order valence-corrected chi connectivity index (χ4v) is 4.56. The molecular weight excluding hydrogens is 346 g/mol. The highest BCUT2D eigenvalue weighted by atomic mass is 16.5. The average molecular weight is 375 g/mol. The Morgan fingerprint density at radius 1 is 1.19 bits per heavy atom. The van der Waals surface area contributed by atoms with Crippen LogP contribution in [0.4, 0.5) is 4.79 Å². The van der Waals surface area contributed by atoms with Crippen LogP contribution in [0.25, 0.3) is 0 Å². The first-order valence-corrected chi connectivity index (χ1v) is 10.1. The molecule has 0 aliphatic carbocycles. The molecule has 0 bridgehead atoms. The number of ether oxygens (including phenoxy) is 1. The molecule has 3 aliphatic heterocycles. The summed E-state index contributed by atoms with van der Waals surface area (Å²) in [5, 5.41) is 7.26. The summed E-state index contributed by atoms with van der Waals surface area (Å²) in [6.45, 7) is 2.87. The minimum absolute atomic E-state index is 0.0375. The summed E-state index contributed by atoms with van der Waals surface area (Å²) in [7, 11) is 1.89. The second-order valence-electron chi connectivity index (χ2n) is 7.82. The summed E-state index contributed by atoms with van der Waals surface area (Å²) in [5.41, 5.74) is 1.06. The molecular formula is C19H29N5O3. The Kier molecular flexibility index (Phi) is 5.33. The molecule has 0 aromatic carbocycles. The van der Waals surface area contributed by atoms with Gasteiger partial charge in [-0.05, 0) is 38.5 Å². The normalized spacial score (nSPS) is 27.2. The smallest absolute Gasteiger partial charge is 0.318 e. The Labute approximate surface area is 159 Å². The lowest BCUT2D eigenvalue weighted by atomic mass is 9.98. The summed E-state index contributed by atoms with van der Waals surface area (Å²) in [6.07, 6.45) is 9.32. The zero-order valence-corrected chi connectivity index (χ0v) is 16.0. The standard InChI is InChI=1S/C19H29N5O3/c1-22-13-14(12-20-22)17-4-2-3-8-24(17)19(26)21-16-5-9-23(18(16)25)15-6-10-27-11-7-15/h12-13,15-17H,2-11H2,1H3,(H,21,26). The van der Waals surface area contributed by atoms with Crippen LogP contribution in [0.1, 0.15) is 50.1 Å². The third kappa shape index (κ3) is 3.81. The molecule has 1 aromatic rings. The van der Waals surface area contributed by atoms with E-state index < -0.39 is 6.04 Å². The lowest BCUT2D eigenvalue weighted by Gasteiger charge is -2.36. The summed E-state index contributed by atoms with van der Waals surface area (Å²) in [6, 6.07) is -0.241. The molecule has 8 heteroatoms. The van der Waals surface area contributed by atoms with E-state index in [2.05, 4.69) is 10.4 Å². The van der Waals surface area contributed by atoms with Crippen LogP contribution >= 0.6 is 0 Å². The van der Waals surface area contributed by atoms with Crippen LogP contribution in [0.15, 0.2) is 12.4 Å². The number of rotatable bonds is 3. The summed E-state index contributed by atoms with van der Waals surface area (Å²) < 4.78 is 7.17. The molecule has 0 spiro atoms. The number of piperidine rings is 1. The van der Waals surface area contributed by atoms with Gasteiger partial charge in [-0.3, -0.25) is 9.48 Å². The van der Waals surface area contributed by atoms with E-state index in [-0.39, 0.29) is 24.0 Å². The number of carbonyl (C=O) groups is 2. The van der Waals surface area contributed by atoms with Gasteiger partial charge in [-0.1, -0.05) is 0 Å². The number of hydrogen-bond donors (Lipinski definition) is 1. The first-order chi connectivity index (χ1) is 13.1. The Morgan fingerprint density at radius 3 is 2.74 bits per heavy atom. The number of aryl methyl sites for hydroxylation is 1. The van der Waals surface area contributed by atoms with E-state index in [1.54, 1.807) is 4.68 Å². The van der Waals surface area contributed by atoms with E-state index in [9.17, 15) is 9.59 Å². The van der Waals surface area contributed by atoms with E-state index >= 15 is 0 Å². The first kappa shape index (κ1) is 18.3. The highest BCUT2D eigenvalue weighted by molar-refractivity contribution is 5.89. The van der Waals surface area contributed by atoms with Gasteiger partial charge in [0.05, 0.1) is 12.2 Å². The Morgan fingerprint density at radius 2 is 2.00 bits per heavy atom. The third-order valence-electron chi connectivity index (χ3n) is 6.04. The van der Waals surface area contributed by atoms with Gasteiger partial charge in [-0.15, -0.1) is 0 Å². The van der Waals surface area contributed by atoms with Crippen molar-refractivity contribution in [2.75, 3.05) is 26.3 Å². The monoisotopic (exact) mass is 375 g/mol. The van der Waals surface area contributed by atoms with Gasteiger partial charge in [0.1, 0.15) is 6.04 Å². The van der Waals surface area contributed by atoms with Crippen molar-refractivity contribution in [3.05, 3.63) is 18.0 Å². The quantitative estimate of drug-likeness (QED) is 0.867. The molecule has 1 aromatic heterocycles. The van der Waals surface area contributed by atoms with Crippen LogP contribution in [-0.4, -0.2) is 69.9 Å². The van der Waals surface area contributed by atoms with Crippen molar-refractivity contribution in [1.82, 2.24) is 24.9 Å². The molecule has 3 aliphatic rings. The zero-order valence-electron chi connectivity index (χ0n) is 16.0. The molecule has 148 valence electrons. The van der Waals surface area contributed by atoms with E-state index in [0.29, 0.717) is 19.6 Å². The van der Waals surface area contributed by atoms with Crippen molar-refractivity contribution in [1.29, 1.82) is 0 Å². The van der Waals surface area contributed by atoms with Crippen molar-refractivity contribution in [3.8, 4) is 0 Å². The predicted molar refractivity (Wildman–Crippen MR) is 99.0 cm³/mol.